The van der Waals surface area contributed by atoms with Crippen LogP contribution in [0.1, 0.15) is 43.7 Å². The van der Waals surface area contributed by atoms with Gasteiger partial charge < -0.3 is 0 Å². The molecule has 21 heavy (non-hydrogen) atoms. The first-order chi connectivity index (χ1) is 10.2. The lowest BCUT2D eigenvalue weighted by atomic mass is 9.96. The van der Waals surface area contributed by atoms with Gasteiger partial charge in [-0.3, -0.25) is 0 Å². The van der Waals surface area contributed by atoms with Crippen molar-refractivity contribution in [1.29, 1.82) is 0 Å². The van der Waals surface area contributed by atoms with Crippen molar-refractivity contribution in [3.8, 4) is 0 Å². The van der Waals surface area contributed by atoms with Crippen LogP contribution in [0.2, 0.25) is 10.0 Å². The number of benzene rings is 2. The molecule has 0 unspecified atom stereocenters. The molecule has 0 spiro atoms. The number of hydrogen-bond acceptors (Lipinski definition) is 0. The Kier molecular flexibility index (Phi) is 6.35. The molecule has 0 saturated carbocycles. The zero-order valence-electron chi connectivity index (χ0n) is 12.3. The van der Waals surface area contributed by atoms with E-state index in [0.29, 0.717) is 0 Å². The van der Waals surface area contributed by atoms with Crippen LogP contribution in [-0.4, -0.2) is 0 Å². The summed E-state index contributed by atoms with van der Waals surface area (Å²) < 4.78 is 0. The number of rotatable bonds is 6. The summed E-state index contributed by atoms with van der Waals surface area (Å²) in [5.41, 5.74) is 3.22. The minimum absolute atomic E-state index is 0.763. The normalized spacial score (nSPS) is 10.4. The Morgan fingerprint density at radius 3 is 1.86 bits per heavy atom. The summed E-state index contributed by atoms with van der Waals surface area (Å²) in [7, 11) is 0. The topological polar surface area (TPSA) is 0 Å². The Labute approximate surface area is 137 Å². The molecule has 0 nitrogen and oxygen atoms in total. The number of allylic oxidation sites excluding steroid dienone is 1. The van der Waals surface area contributed by atoms with E-state index in [1.54, 1.807) is 0 Å². The smallest absolute Gasteiger partial charge is 0.0484 e. The van der Waals surface area contributed by atoms with E-state index in [-0.39, 0.29) is 0 Å². The molecule has 0 amide bonds. The van der Waals surface area contributed by atoms with Crippen molar-refractivity contribution in [2.75, 3.05) is 0 Å². The van der Waals surface area contributed by atoms with E-state index < -0.39 is 0 Å². The van der Waals surface area contributed by atoms with Gasteiger partial charge in [-0.2, -0.15) is 0 Å². The van der Waals surface area contributed by atoms with Crippen LogP contribution in [0.3, 0.4) is 0 Å². The summed E-state index contributed by atoms with van der Waals surface area (Å²) in [4.78, 5) is 0. The van der Waals surface area contributed by atoms with Crippen LogP contribution in [0.5, 0.6) is 0 Å². The van der Waals surface area contributed by atoms with Crippen molar-refractivity contribution >= 4 is 28.8 Å². The van der Waals surface area contributed by atoms with Gasteiger partial charge in [-0.25, -0.2) is 0 Å². The molecule has 2 aromatic rings. The Balaban J connectivity index is 2.40. The summed E-state index contributed by atoms with van der Waals surface area (Å²) in [5, 5.41) is 1.53. The molecular weight excluding hydrogens is 299 g/mol. The highest BCUT2D eigenvalue weighted by Gasteiger charge is 2.11. The molecule has 0 heterocycles. The summed E-state index contributed by atoms with van der Waals surface area (Å²) in [6.45, 7) is 2.22. The van der Waals surface area contributed by atoms with E-state index in [4.69, 9.17) is 23.2 Å². The molecular formula is C19H20Cl2. The lowest BCUT2D eigenvalue weighted by Crippen LogP contribution is -1.91. The molecule has 0 radical (unpaired) electrons. The summed E-state index contributed by atoms with van der Waals surface area (Å²) in [6, 6.07) is 15.9. The molecule has 0 aliphatic rings. The van der Waals surface area contributed by atoms with E-state index in [1.165, 1.54) is 19.3 Å². The molecule has 0 aliphatic heterocycles. The van der Waals surface area contributed by atoms with Crippen molar-refractivity contribution in [2.45, 2.75) is 32.6 Å². The van der Waals surface area contributed by atoms with Crippen LogP contribution in [0, 0.1) is 0 Å². The third kappa shape index (κ3) is 4.36. The van der Waals surface area contributed by atoms with Crippen LogP contribution < -0.4 is 0 Å². The fraction of sp³-hybridized carbons (Fsp3) is 0.263. The highest BCUT2D eigenvalue weighted by atomic mass is 35.5. The van der Waals surface area contributed by atoms with E-state index in [0.717, 1.165) is 33.2 Å². The molecule has 2 rings (SSSR count). The first kappa shape index (κ1) is 16.1. The second-order valence-corrected chi connectivity index (χ2v) is 5.89. The molecule has 2 aromatic carbocycles. The van der Waals surface area contributed by atoms with Crippen LogP contribution in [0.4, 0.5) is 0 Å². The Morgan fingerprint density at radius 2 is 1.38 bits per heavy atom. The second-order valence-electron chi connectivity index (χ2n) is 5.07. The molecule has 2 heteroatoms. The van der Waals surface area contributed by atoms with E-state index in [2.05, 4.69) is 25.1 Å². The Bertz CT molecular complexity index is 567. The Hall–Kier alpha value is -1.24. The predicted octanol–water partition coefficient (Wildman–Crippen LogP) is 7.01. The van der Waals surface area contributed by atoms with Gasteiger partial charge in [0.2, 0.25) is 0 Å². The maximum absolute atomic E-state index is 6.38. The maximum atomic E-state index is 6.38. The fourth-order valence-corrected chi connectivity index (χ4v) is 2.84. The molecule has 0 fully saturated rings. The average molecular weight is 319 g/mol. The monoisotopic (exact) mass is 318 g/mol. The minimum atomic E-state index is 0.763. The average Bonchev–Trinajstić information content (AvgIpc) is 2.50. The quantitative estimate of drug-likeness (QED) is 0.503. The first-order valence-electron chi connectivity index (χ1n) is 7.44. The largest absolute Gasteiger partial charge is 0.0837 e. The van der Waals surface area contributed by atoms with Gasteiger partial charge in [-0.05, 0) is 30.5 Å². The van der Waals surface area contributed by atoms with Crippen molar-refractivity contribution in [3.05, 3.63) is 75.8 Å². The SMILES string of the molecule is CCCCCC=C(c1ccccc1Cl)c1ccccc1Cl. The molecule has 0 atom stereocenters. The number of halogens is 2. The van der Waals surface area contributed by atoms with Gasteiger partial charge in [0.25, 0.3) is 0 Å². The summed E-state index contributed by atoms with van der Waals surface area (Å²) >= 11 is 12.8. The lowest BCUT2D eigenvalue weighted by Gasteiger charge is -2.12. The molecule has 0 bridgehead atoms. The van der Waals surface area contributed by atoms with E-state index >= 15 is 0 Å². The highest BCUT2D eigenvalue weighted by Crippen LogP contribution is 2.33. The Morgan fingerprint density at radius 1 is 0.857 bits per heavy atom. The van der Waals surface area contributed by atoms with Crippen LogP contribution in [-0.2, 0) is 0 Å². The summed E-state index contributed by atoms with van der Waals surface area (Å²) in [5.74, 6) is 0. The van der Waals surface area contributed by atoms with Gasteiger partial charge in [-0.15, -0.1) is 0 Å². The molecule has 110 valence electrons. The van der Waals surface area contributed by atoms with E-state index in [9.17, 15) is 0 Å². The van der Waals surface area contributed by atoms with Crippen LogP contribution in [0.15, 0.2) is 54.6 Å². The highest BCUT2D eigenvalue weighted by molar-refractivity contribution is 6.34. The third-order valence-electron chi connectivity index (χ3n) is 3.48. The van der Waals surface area contributed by atoms with Crippen molar-refractivity contribution < 1.29 is 0 Å². The van der Waals surface area contributed by atoms with Gasteiger partial charge in [0.05, 0.1) is 0 Å². The zero-order chi connectivity index (χ0) is 15.1. The first-order valence-corrected chi connectivity index (χ1v) is 8.19. The summed E-state index contributed by atoms with van der Waals surface area (Å²) in [6.07, 6.45) is 6.96. The van der Waals surface area contributed by atoms with Crippen molar-refractivity contribution in [3.63, 3.8) is 0 Å². The molecule has 0 saturated heterocycles. The number of unbranched alkanes of at least 4 members (excludes halogenated alkanes) is 3. The van der Waals surface area contributed by atoms with Crippen LogP contribution in [0.25, 0.3) is 5.57 Å². The van der Waals surface area contributed by atoms with Gasteiger partial charge in [-0.1, -0.05) is 85.4 Å². The van der Waals surface area contributed by atoms with Gasteiger partial charge >= 0.3 is 0 Å². The predicted molar refractivity (Wildman–Crippen MR) is 94.1 cm³/mol. The molecule has 0 aromatic heterocycles. The third-order valence-corrected chi connectivity index (χ3v) is 4.14. The lowest BCUT2D eigenvalue weighted by molar-refractivity contribution is 0.730. The van der Waals surface area contributed by atoms with Gasteiger partial charge in [0.1, 0.15) is 0 Å². The minimum Gasteiger partial charge on any atom is -0.0837 e. The maximum Gasteiger partial charge on any atom is 0.0484 e. The molecule has 0 aliphatic carbocycles. The standard InChI is InChI=1S/C19H20Cl2/c1-2-3-4-5-10-15(16-11-6-8-13-18(16)20)17-12-7-9-14-19(17)21/h6-14H,2-5H2,1H3. The fourth-order valence-electron chi connectivity index (χ4n) is 2.37. The van der Waals surface area contributed by atoms with Gasteiger partial charge in [0.15, 0.2) is 0 Å². The van der Waals surface area contributed by atoms with Gasteiger partial charge in [0, 0.05) is 21.2 Å². The van der Waals surface area contributed by atoms with Crippen LogP contribution >= 0.6 is 23.2 Å². The van der Waals surface area contributed by atoms with E-state index in [1.807, 2.05) is 36.4 Å². The molecule has 0 N–H and O–H groups in total. The number of hydrogen-bond donors (Lipinski definition) is 0. The van der Waals surface area contributed by atoms with Crippen molar-refractivity contribution in [1.82, 2.24) is 0 Å². The zero-order valence-corrected chi connectivity index (χ0v) is 13.8. The van der Waals surface area contributed by atoms with Crippen molar-refractivity contribution in [2.24, 2.45) is 0 Å². The second kappa shape index (κ2) is 8.26.